The van der Waals surface area contributed by atoms with Crippen molar-refractivity contribution >= 4 is 29.9 Å². The van der Waals surface area contributed by atoms with Crippen LogP contribution in [0.1, 0.15) is 54.5 Å². The van der Waals surface area contributed by atoms with Crippen LogP contribution in [0.5, 0.6) is 0 Å². The van der Waals surface area contributed by atoms with Gasteiger partial charge in [0.1, 0.15) is 0 Å². The van der Waals surface area contributed by atoms with Crippen LogP contribution in [-0.4, -0.2) is 40.5 Å². The summed E-state index contributed by atoms with van der Waals surface area (Å²) in [7, 11) is 0. The Kier molecular flexibility index (Phi) is 7.25. The Hall–Kier alpha value is -1.63. The first-order valence-corrected chi connectivity index (χ1v) is 9.43. The van der Waals surface area contributed by atoms with Crippen LogP contribution in [-0.2, 0) is 5.41 Å². The molecule has 0 radical (unpaired) electrons. The summed E-state index contributed by atoms with van der Waals surface area (Å²) in [6, 6.07) is 8.04. The number of carbonyl (C=O) groups excluding carboxylic acids is 1. The molecule has 0 saturated carbocycles. The molecule has 1 aliphatic rings. The van der Waals surface area contributed by atoms with Crippen molar-refractivity contribution in [2.75, 3.05) is 19.6 Å². The summed E-state index contributed by atoms with van der Waals surface area (Å²) in [6.45, 7) is 8.56. The van der Waals surface area contributed by atoms with Gasteiger partial charge in [0.15, 0.2) is 5.69 Å². The Bertz CT molecular complexity index is 767. The molecule has 1 saturated heterocycles. The van der Waals surface area contributed by atoms with E-state index in [9.17, 15) is 4.79 Å². The average Bonchev–Trinajstić information content (AvgIpc) is 3.02. The molecule has 1 fully saturated rings. The van der Waals surface area contributed by atoms with E-state index in [2.05, 4.69) is 34.8 Å². The normalized spacial score (nSPS) is 15.3. The van der Waals surface area contributed by atoms with E-state index in [-0.39, 0.29) is 23.7 Å². The predicted octanol–water partition coefficient (Wildman–Crippen LogP) is 3.29. The van der Waals surface area contributed by atoms with Crippen LogP contribution in [0.2, 0.25) is 5.02 Å². The maximum absolute atomic E-state index is 12.6. The maximum atomic E-state index is 12.6. The monoisotopic (exact) mass is 411 g/mol. The van der Waals surface area contributed by atoms with Crippen molar-refractivity contribution in [2.24, 2.45) is 0 Å². The fourth-order valence-corrected chi connectivity index (χ4v) is 3.46. The van der Waals surface area contributed by atoms with E-state index in [1.807, 2.05) is 35.9 Å². The predicted molar refractivity (Wildman–Crippen MR) is 110 cm³/mol. The second-order valence-corrected chi connectivity index (χ2v) is 7.96. The third-order valence-electron chi connectivity index (χ3n) is 5.11. The van der Waals surface area contributed by atoms with Gasteiger partial charge in [0.25, 0.3) is 5.91 Å². The summed E-state index contributed by atoms with van der Waals surface area (Å²) >= 11 is 5.96. The minimum Gasteiger partial charge on any atom is -0.350 e. The van der Waals surface area contributed by atoms with E-state index < -0.39 is 0 Å². The molecule has 0 aliphatic carbocycles. The van der Waals surface area contributed by atoms with Crippen LogP contribution in [0, 0.1) is 6.92 Å². The van der Waals surface area contributed by atoms with Gasteiger partial charge in [-0.15, -0.1) is 17.5 Å². The van der Waals surface area contributed by atoms with Crippen LogP contribution in [0.4, 0.5) is 0 Å². The van der Waals surface area contributed by atoms with E-state index in [1.54, 1.807) is 0 Å². The number of hydrogen-bond donors (Lipinski definition) is 2. The second kappa shape index (κ2) is 9.04. The van der Waals surface area contributed by atoms with E-state index in [0.717, 1.165) is 37.2 Å². The molecular formula is C19H27Cl2N5O. The molecule has 1 aliphatic heterocycles. The number of aromatic nitrogens is 3. The highest BCUT2D eigenvalue weighted by atomic mass is 35.5. The van der Waals surface area contributed by atoms with Gasteiger partial charge in [-0.3, -0.25) is 4.79 Å². The number of piperidine rings is 1. The number of carbonyl (C=O) groups is 1. The zero-order valence-electron chi connectivity index (χ0n) is 16.0. The fraction of sp³-hybridized carbons (Fsp3) is 0.526. The smallest absolute Gasteiger partial charge is 0.273 e. The standard InChI is InChI=1S/C19H26ClN5O.ClH/c1-13-17(23-24-25(13)16-8-10-21-11-9-16)18(26)22-12-19(2,3)14-4-6-15(20)7-5-14;/h4-7,16,21H,8-12H2,1-3H3,(H,22,26);1H. The first-order chi connectivity index (χ1) is 12.4. The van der Waals surface area contributed by atoms with Gasteiger partial charge in [-0.1, -0.05) is 42.8 Å². The molecule has 148 valence electrons. The third-order valence-corrected chi connectivity index (χ3v) is 5.37. The van der Waals surface area contributed by atoms with Crippen LogP contribution in [0.3, 0.4) is 0 Å². The van der Waals surface area contributed by atoms with Crippen molar-refractivity contribution in [1.29, 1.82) is 0 Å². The van der Waals surface area contributed by atoms with Crippen molar-refractivity contribution < 1.29 is 4.79 Å². The summed E-state index contributed by atoms with van der Waals surface area (Å²) < 4.78 is 1.90. The highest BCUT2D eigenvalue weighted by Gasteiger charge is 2.25. The van der Waals surface area contributed by atoms with Crippen molar-refractivity contribution in [1.82, 2.24) is 25.6 Å². The molecule has 2 aromatic rings. The van der Waals surface area contributed by atoms with Gasteiger partial charge in [0.2, 0.25) is 0 Å². The Labute approximate surface area is 171 Å². The lowest BCUT2D eigenvalue weighted by Crippen LogP contribution is -2.37. The van der Waals surface area contributed by atoms with Gasteiger partial charge < -0.3 is 10.6 Å². The van der Waals surface area contributed by atoms with Gasteiger partial charge in [0.05, 0.1) is 11.7 Å². The molecule has 0 bridgehead atoms. The molecule has 3 rings (SSSR count). The topological polar surface area (TPSA) is 71.8 Å². The minimum atomic E-state index is -0.209. The SMILES string of the molecule is Cc1c(C(=O)NCC(C)(C)c2ccc(Cl)cc2)nnn1C1CCNCC1.Cl. The molecular weight excluding hydrogens is 385 g/mol. The van der Waals surface area contributed by atoms with Crippen molar-refractivity contribution in [3.05, 3.63) is 46.2 Å². The molecule has 8 heteroatoms. The Balaban J connectivity index is 0.00000261. The summed E-state index contributed by atoms with van der Waals surface area (Å²) in [5, 5.41) is 15.4. The number of rotatable bonds is 5. The van der Waals surface area contributed by atoms with Crippen molar-refractivity contribution in [2.45, 2.75) is 45.1 Å². The number of benzene rings is 1. The van der Waals surface area contributed by atoms with Crippen LogP contribution < -0.4 is 10.6 Å². The van der Waals surface area contributed by atoms with Crippen LogP contribution in [0.15, 0.2) is 24.3 Å². The molecule has 27 heavy (non-hydrogen) atoms. The summed E-state index contributed by atoms with van der Waals surface area (Å²) in [4.78, 5) is 12.6. The third kappa shape index (κ3) is 5.00. The van der Waals surface area contributed by atoms with Gasteiger partial charge in [-0.25, -0.2) is 4.68 Å². The second-order valence-electron chi connectivity index (χ2n) is 7.52. The molecule has 2 heterocycles. The maximum Gasteiger partial charge on any atom is 0.273 e. The lowest BCUT2D eigenvalue weighted by molar-refractivity contribution is 0.0940. The zero-order valence-corrected chi connectivity index (χ0v) is 17.5. The van der Waals surface area contributed by atoms with Crippen molar-refractivity contribution in [3.8, 4) is 0 Å². The molecule has 1 aromatic carbocycles. The largest absolute Gasteiger partial charge is 0.350 e. The van der Waals surface area contributed by atoms with Crippen LogP contribution in [0.25, 0.3) is 0 Å². The summed E-state index contributed by atoms with van der Waals surface area (Å²) in [5.74, 6) is -0.176. The Morgan fingerprint density at radius 2 is 1.93 bits per heavy atom. The molecule has 0 unspecified atom stereocenters. The van der Waals surface area contributed by atoms with Gasteiger partial charge in [-0.2, -0.15) is 0 Å². The fourth-order valence-electron chi connectivity index (χ4n) is 3.34. The molecule has 0 spiro atoms. The zero-order chi connectivity index (χ0) is 18.7. The minimum absolute atomic E-state index is 0. The summed E-state index contributed by atoms with van der Waals surface area (Å²) in [5.41, 5.74) is 2.16. The lowest BCUT2D eigenvalue weighted by atomic mass is 9.84. The van der Waals surface area contributed by atoms with Gasteiger partial charge in [0, 0.05) is 17.0 Å². The molecule has 6 nitrogen and oxygen atoms in total. The van der Waals surface area contributed by atoms with E-state index in [1.165, 1.54) is 0 Å². The van der Waals surface area contributed by atoms with E-state index >= 15 is 0 Å². The average molecular weight is 412 g/mol. The molecule has 1 aromatic heterocycles. The number of hydrogen-bond acceptors (Lipinski definition) is 4. The molecule has 2 N–H and O–H groups in total. The number of amides is 1. The molecule has 0 atom stereocenters. The van der Waals surface area contributed by atoms with Crippen LogP contribution >= 0.6 is 24.0 Å². The summed E-state index contributed by atoms with van der Waals surface area (Å²) in [6.07, 6.45) is 2.02. The molecule has 1 amide bonds. The first kappa shape index (κ1) is 21.7. The first-order valence-electron chi connectivity index (χ1n) is 9.05. The quantitative estimate of drug-likeness (QED) is 0.791. The number of halogens is 2. The number of nitrogens with zero attached hydrogens (tertiary/aromatic N) is 3. The lowest BCUT2D eigenvalue weighted by Gasteiger charge is -2.25. The number of nitrogens with one attached hydrogen (secondary N) is 2. The highest BCUT2D eigenvalue weighted by molar-refractivity contribution is 6.30. The Morgan fingerprint density at radius 1 is 1.30 bits per heavy atom. The van der Waals surface area contributed by atoms with E-state index in [4.69, 9.17) is 11.6 Å². The van der Waals surface area contributed by atoms with Gasteiger partial charge >= 0.3 is 0 Å². The Morgan fingerprint density at radius 3 is 2.56 bits per heavy atom. The van der Waals surface area contributed by atoms with Crippen molar-refractivity contribution in [3.63, 3.8) is 0 Å². The van der Waals surface area contributed by atoms with Gasteiger partial charge in [-0.05, 0) is 50.6 Å². The van der Waals surface area contributed by atoms with E-state index in [0.29, 0.717) is 23.3 Å². The highest BCUT2D eigenvalue weighted by Crippen LogP contribution is 2.24.